The van der Waals surface area contributed by atoms with Crippen molar-refractivity contribution >= 4 is 39.8 Å². The SMILES string of the molecule is O=C(O)C1CC1Sc1ccc(-c2ccc(C3CC3)c3ccccc23)s1. The molecule has 4 heteroatoms. The number of fused-ring (bicyclic) bond motifs is 1. The quantitative estimate of drug-likeness (QED) is 0.601. The lowest BCUT2D eigenvalue weighted by molar-refractivity contribution is -0.138. The largest absolute Gasteiger partial charge is 0.481 e. The number of hydrogen-bond acceptors (Lipinski definition) is 3. The Morgan fingerprint density at radius 2 is 1.84 bits per heavy atom. The van der Waals surface area contributed by atoms with Gasteiger partial charge < -0.3 is 5.11 Å². The Morgan fingerprint density at radius 3 is 2.56 bits per heavy atom. The summed E-state index contributed by atoms with van der Waals surface area (Å²) in [4.78, 5) is 12.3. The summed E-state index contributed by atoms with van der Waals surface area (Å²) in [6.45, 7) is 0. The Morgan fingerprint density at radius 1 is 1.04 bits per heavy atom. The van der Waals surface area contributed by atoms with Crippen LogP contribution in [0.4, 0.5) is 0 Å². The number of thiophene rings is 1. The average Bonchev–Trinajstić information content (AvgIpc) is 3.53. The molecule has 1 aromatic heterocycles. The molecular weight excluding hydrogens is 348 g/mol. The zero-order valence-corrected chi connectivity index (χ0v) is 15.3. The number of benzene rings is 2. The van der Waals surface area contributed by atoms with E-state index in [1.807, 2.05) is 0 Å². The smallest absolute Gasteiger partial charge is 0.307 e. The van der Waals surface area contributed by atoms with Gasteiger partial charge in [-0.15, -0.1) is 23.1 Å². The predicted molar refractivity (Wildman–Crippen MR) is 105 cm³/mol. The van der Waals surface area contributed by atoms with Crippen LogP contribution in [0.25, 0.3) is 21.2 Å². The highest BCUT2D eigenvalue weighted by Crippen LogP contribution is 2.49. The van der Waals surface area contributed by atoms with Crippen molar-refractivity contribution in [2.45, 2.75) is 34.6 Å². The molecule has 0 bridgehead atoms. The van der Waals surface area contributed by atoms with E-state index in [0.717, 1.165) is 12.3 Å². The van der Waals surface area contributed by atoms with Gasteiger partial charge in [-0.25, -0.2) is 0 Å². The van der Waals surface area contributed by atoms with Gasteiger partial charge >= 0.3 is 5.97 Å². The molecule has 2 atom stereocenters. The first kappa shape index (κ1) is 15.5. The minimum atomic E-state index is -0.657. The predicted octanol–water partition coefficient (Wildman–Crippen LogP) is 6.01. The molecule has 3 aromatic rings. The molecule has 2 saturated carbocycles. The van der Waals surface area contributed by atoms with E-state index in [1.54, 1.807) is 23.1 Å². The fourth-order valence-electron chi connectivity index (χ4n) is 3.53. The summed E-state index contributed by atoms with van der Waals surface area (Å²) < 4.78 is 1.22. The minimum absolute atomic E-state index is 0.158. The fourth-order valence-corrected chi connectivity index (χ4v) is 6.17. The lowest BCUT2D eigenvalue weighted by Crippen LogP contribution is -1.99. The van der Waals surface area contributed by atoms with Gasteiger partial charge in [-0.2, -0.15) is 0 Å². The summed E-state index contributed by atoms with van der Waals surface area (Å²) in [6.07, 6.45) is 3.43. The van der Waals surface area contributed by atoms with Crippen LogP contribution in [0.1, 0.15) is 30.7 Å². The summed E-state index contributed by atoms with van der Waals surface area (Å²) >= 11 is 3.51. The molecule has 1 N–H and O–H groups in total. The number of aliphatic carboxylic acids is 1. The zero-order valence-electron chi connectivity index (χ0n) is 13.6. The van der Waals surface area contributed by atoms with Crippen molar-refractivity contribution < 1.29 is 9.90 Å². The average molecular weight is 367 g/mol. The van der Waals surface area contributed by atoms with Gasteiger partial charge in [0.2, 0.25) is 0 Å². The third kappa shape index (κ3) is 2.87. The molecule has 2 fully saturated rings. The second kappa shape index (κ2) is 5.89. The molecule has 126 valence electrons. The third-order valence-electron chi connectivity index (χ3n) is 5.14. The van der Waals surface area contributed by atoms with E-state index >= 15 is 0 Å². The van der Waals surface area contributed by atoms with Gasteiger partial charge in [-0.1, -0.05) is 36.4 Å². The molecule has 2 aliphatic carbocycles. The van der Waals surface area contributed by atoms with E-state index in [-0.39, 0.29) is 11.2 Å². The maximum Gasteiger partial charge on any atom is 0.307 e. The van der Waals surface area contributed by atoms with Crippen molar-refractivity contribution in [1.82, 2.24) is 0 Å². The van der Waals surface area contributed by atoms with E-state index < -0.39 is 5.97 Å². The Balaban J connectivity index is 1.48. The Hall–Kier alpha value is -1.78. The summed E-state index contributed by atoms with van der Waals surface area (Å²) in [6, 6.07) is 17.6. The highest BCUT2D eigenvalue weighted by Gasteiger charge is 2.44. The molecule has 2 aliphatic rings. The molecule has 2 unspecified atom stereocenters. The van der Waals surface area contributed by atoms with Crippen molar-refractivity contribution in [3.05, 3.63) is 54.1 Å². The Labute approximate surface area is 154 Å². The van der Waals surface area contributed by atoms with Gasteiger partial charge in [0.05, 0.1) is 10.1 Å². The molecule has 0 saturated heterocycles. The first-order valence-electron chi connectivity index (χ1n) is 8.72. The van der Waals surface area contributed by atoms with Crippen LogP contribution in [0.15, 0.2) is 52.7 Å². The van der Waals surface area contributed by atoms with Crippen molar-refractivity contribution in [3.8, 4) is 10.4 Å². The number of carbonyl (C=O) groups is 1. The summed E-state index contributed by atoms with van der Waals surface area (Å²) in [5.74, 6) is -0.0682. The second-order valence-electron chi connectivity index (χ2n) is 6.98. The number of rotatable bonds is 5. The van der Waals surface area contributed by atoms with Crippen molar-refractivity contribution in [1.29, 1.82) is 0 Å². The van der Waals surface area contributed by atoms with Crippen LogP contribution in [0.2, 0.25) is 0 Å². The van der Waals surface area contributed by atoms with Crippen molar-refractivity contribution in [2.24, 2.45) is 5.92 Å². The van der Waals surface area contributed by atoms with Gasteiger partial charge in [0.1, 0.15) is 0 Å². The Bertz CT molecular complexity index is 971. The maximum atomic E-state index is 11.0. The summed E-state index contributed by atoms with van der Waals surface area (Å²) in [7, 11) is 0. The molecule has 25 heavy (non-hydrogen) atoms. The van der Waals surface area contributed by atoms with Crippen molar-refractivity contribution in [2.75, 3.05) is 0 Å². The molecule has 0 spiro atoms. The second-order valence-corrected chi connectivity index (χ2v) is 9.60. The molecule has 5 rings (SSSR count). The molecule has 1 heterocycles. The van der Waals surface area contributed by atoms with Gasteiger partial charge in [-0.05, 0) is 59.2 Å². The van der Waals surface area contributed by atoms with E-state index in [1.165, 1.54) is 43.8 Å². The first-order chi connectivity index (χ1) is 12.2. The van der Waals surface area contributed by atoms with E-state index in [4.69, 9.17) is 5.11 Å². The molecule has 2 aromatic carbocycles. The molecule has 2 nitrogen and oxygen atoms in total. The summed E-state index contributed by atoms with van der Waals surface area (Å²) in [5.41, 5.74) is 2.79. The molecule has 0 radical (unpaired) electrons. The van der Waals surface area contributed by atoms with Crippen LogP contribution in [-0.4, -0.2) is 16.3 Å². The van der Waals surface area contributed by atoms with Crippen LogP contribution in [0.5, 0.6) is 0 Å². The van der Waals surface area contributed by atoms with Crippen LogP contribution in [-0.2, 0) is 4.79 Å². The van der Waals surface area contributed by atoms with Crippen LogP contribution < -0.4 is 0 Å². The zero-order chi connectivity index (χ0) is 17.0. The number of carboxylic acid groups (broad SMARTS) is 1. The standard InChI is InChI=1S/C21H18O2S2/c22-21(23)17-11-19(17)25-20-10-9-18(24-20)16-8-7-13(12-5-6-12)14-3-1-2-4-15(14)16/h1-4,7-10,12,17,19H,5-6,11H2,(H,22,23). The lowest BCUT2D eigenvalue weighted by Gasteiger charge is -2.09. The van der Waals surface area contributed by atoms with E-state index in [9.17, 15) is 4.79 Å². The minimum Gasteiger partial charge on any atom is -0.481 e. The van der Waals surface area contributed by atoms with Crippen LogP contribution >= 0.6 is 23.1 Å². The molecule has 0 aliphatic heterocycles. The van der Waals surface area contributed by atoms with Crippen LogP contribution in [0, 0.1) is 5.92 Å². The normalized spacial score (nSPS) is 22.2. The summed E-state index contributed by atoms with van der Waals surface area (Å²) in [5, 5.41) is 12.0. The first-order valence-corrected chi connectivity index (χ1v) is 10.4. The topological polar surface area (TPSA) is 37.3 Å². The van der Waals surface area contributed by atoms with Gasteiger partial charge in [0.15, 0.2) is 0 Å². The van der Waals surface area contributed by atoms with Gasteiger partial charge in [0.25, 0.3) is 0 Å². The van der Waals surface area contributed by atoms with Crippen LogP contribution in [0.3, 0.4) is 0 Å². The number of carboxylic acids is 1. The van der Waals surface area contributed by atoms with E-state index in [2.05, 4.69) is 48.5 Å². The lowest BCUT2D eigenvalue weighted by atomic mass is 9.96. The molecule has 0 amide bonds. The number of hydrogen-bond donors (Lipinski definition) is 1. The number of thioether (sulfide) groups is 1. The highest BCUT2D eigenvalue weighted by atomic mass is 32.2. The van der Waals surface area contributed by atoms with Crippen molar-refractivity contribution in [3.63, 3.8) is 0 Å². The molecular formula is C21H18O2S2. The third-order valence-corrected chi connectivity index (χ3v) is 7.78. The monoisotopic (exact) mass is 366 g/mol. The fraction of sp³-hybridized carbons (Fsp3) is 0.286. The van der Waals surface area contributed by atoms with Gasteiger partial charge in [-0.3, -0.25) is 4.79 Å². The Kier molecular flexibility index (Phi) is 3.64. The highest BCUT2D eigenvalue weighted by molar-refractivity contribution is 8.02. The maximum absolute atomic E-state index is 11.0. The van der Waals surface area contributed by atoms with Gasteiger partial charge in [0, 0.05) is 10.1 Å². The van der Waals surface area contributed by atoms with E-state index in [0.29, 0.717) is 0 Å².